The molecule has 2 heteroatoms. The van der Waals surface area contributed by atoms with Gasteiger partial charge >= 0.3 is 0 Å². The van der Waals surface area contributed by atoms with Crippen molar-refractivity contribution >= 4 is 83.1 Å². The maximum absolute atomic E-state index is 6.66. The van der Waals surface area contributed by atoms with Gasteiger partial charge in [0.2, 0.25) is 0 Å². The van der Waals surface area contributed by atoms with Crippen LogP contribution in [0.1, 0.15) is 0 Å². The molecular formula is C60H40OSi. The highest BCUT2D eigenvalue weighted by atomic mass is 28.3. The molecule has 12 rings (SSSR count). The molecule has 0 aliphatic carbocycles. The van der Waals surface area contributed by atoms with Gasteiger partial charge in [-0.05, 0) is 105 Å². The molecule has 0 fully saturated rings. The summed E-state index contributed by atoms with van der Waals surface area (Å²) in [5.74, 6) is 0. The fraction of sp³-hybridized carbons (Fsp3) is 0. The van der Waals surface area contributed by atoms with Crippen LogP contribution in [-0.2, 0) is 0 Å². The molecular weight excluding hydrogens is 765 g/mol. The molecule has 1 nitrogen and oxygen atoms in total. The molecule has 11 aromatic carbocycles. The van der Waals surface area contributed by atoms with Crippen LogP contribution in [0.4, 0.5) is 0 Å². The van der Waals surface area contributed by atoms with Crippen LogP contribution in [0, 0.1) is 0 Å². The van der Waals surface area contributed by atoms with Crippen LogP contribution < -0.4 is 20.7 Å². The van der Waals surface area contributed by atoms with Crippen LogP contribution in [0.5, 0.6) is 0 Å². The Morgan fingerprint density at radius 1 is 0.258 bits per heavy atom. The predicted molar refractivity (Wildman–Crippen MR) is 266 cm³/mol. The zero-order valence-corrected chi connectivity index (χ0v) is 35.0. The van der Waals surface area contributed by atoms with Crippen molar-refractivity contribution in [3.05, 3.63) is 243 Å². The van der Waals surface area contributed by atoms with E-state index in [0.717, 1.165) is 21.9 Å². The summed E-state index contributed by atoms with van der Waals surface area (Å²) in [5, 5.41) is 15.1. The minimum absolute atomic E-state index is 0.892. The maximum Gasteiger partial charge on any atom is 0.179 e. The van der Waals surface area contributed by atoms with Gasteiger partial charge in [-0.1, -0.05) is 224 Å². The smallest absolute Gasteiger partial charge is 0.179 e. The Balaban J connectivity index is 1.05. The van der Waals surface area contributed by atoms with Gasteiger partial charge in [-0.3, -0.25) is 0 Å². The Morgan fingerprint density at radius 2 is 0.677 bits per heavy atom. The second-order valence-corrected chi connectivity index (χ2v) is 20.1. The lowest BCUT2D eigenvalue weighted by Gasteiger charge is -2.34. The van der Waals surface area contributed by atoms with E-state index in [1.54, 1.807) is 0 Å². The minimum Gasteiger partial charge on any atom is -0.456 e. The van der Waals surface area contributed by atoms with Gasteiger partial charge in [0, 0.05) is 10.8 Å². The second kappa shape index (κ2) is 14.7. The van der Waals surface area contributed by atoms with Gasteiger partial charge in [0.15, 0.2) is 8.07 Å². The fourth-order valence-corrected chi connectivity index (χ4v) is 15.0. The minimum atomic E-state index is -2.74. The molecule has 0 bridgehead atoms. The highest BCUT2D eigenvalue weighted by Gasteiger charge is 2.41. The molecule has 290 valence electrons. The lowest BCUT2D eigenvalue weighted by molar-refractivity contribution is 0.669. The fourth-order valence-electron chi connectivity index (χ4n) is 10.3. The van der Waals surface area contributed by atoms with Crippen LogP contribution >= 0.6 is 0 Å². The molecule has 0 N–H and O–H groups in total. The van der Waals surface area contributed by atoms with E-state index in [2.05, 4.69) is 243 Å². The summed E-state index contributed by atoms with van der Waals surface area (Å²) < 4.78 is 6.66. The first-order valence-electron chi connectivity index (χ1n) is 21.4. The summed E-state index contributed by atoms with van der Waals surface area (Å²) in [5.41, 5.74) is 9.14. The lowest BCUT2D eigenvalue weighted by atomic mass is 9.85. The third-order valence-electron chi connectivity index (χ3n) is 13.0. The number of rotatable bonds is 7. The van der Waals surface area contributed by atoms with Gasteiger partial charge in [-0.15, -0.1) is 0 Å². The summed E-state index contributed by atoms with van der Waals surface area (Å²) in [6.07, 6.45) is 0. The second-order valence-electron chi connectivity index (χ2n) is 16.3. The van der Waals surface area contributed by atoms with Gasteiger partial charge in [-0.2, -0.15) is 0 Å². The van der Waals surface area contributed by atoms with Crippen molar-refractivity contribution in [3.63, 3.8) is 0 Å². The van der Waals surface area contributed by atoms with E-state index >= 15 is 0 Å². The lowest BCUT2D eigenvalue weighted by Crippen LogP contribution is -2.74. The van der Waals surface area contributed by atoms with Crippen LogP contribution in [0.2, 0.25) is 0 Å². The van der Waals surface area contributed by atoms with E-state index in [1.165, 1.54) is 86.4 Å². The maximum atomic E-state index is 6.66. The first-order valence-corrected chi connectivity index (χ1v) is 23.4. The van der Waals surface area contributed by atoms with Crippen molar-refractivity contribution in [1.82, 2.24) is 0 Å². The predicted octanol–water partition coefficient (Wildman–Crippen LogP) is 13.4. The first-order chi connectivity index (χ1) is 30.8. The Kier molecular flexibility index (Phi) is 8.58. The van der Waals surface area contributed by atoms with Crippen molar-refractivity contribution in [1.29, 1.82) is 0 Å². The number of hydrogen-bond donors (Lipinski definition) is 0. The van der Waals surface area contributed by atoms with Crippen molar-refractivity contribution in [2.24, 2.45) is 0 Å². The largest absolute Gasteiger partial charge is 0.456 e. The molecule has 62 heavy (non-hydrogen) atoms. The van der Waals surface area contributed by atoms with Crippen molar-refractivity contribution in [2.75, 3.05) is 0 Å². The van der Waals surface area contributed by atoms with Gasteiger partial charge < -0.3 is 4.42 Å². The molecule has 0 spiro atoms. The Labute approximate surface area is 361 Å². The van der Waals surface area contributed by atoms with E-state index in [-0.39, 0.29) is 0 Å². The zero-order valence-electron chi connectivity index (χ0n) is 34.0. The first kappa shape index (κ1) is 36.1. The van der Waals surface area contributed by atoms with E-state index < -0.39 is 8.07 Å². The van der Waals surface area contributed by atoms with Crippen LogP contribution in [0.3, 0.4) is 0 Å². The van der Waals surface area contributed by atoms with Crippen LogP contribution in [-0.4, -0.2) is 8.07 Å². The molecule has 0 saturated carbocycles. The van der Waals surface area contributed by atoms with Gasteiger partial charge in [0.25, 0.3) is 0 Å². The topological polar surface area (TPSA) is 13.1 Å². The van der Waals surface area contributed by atoms with Crippen LogP contribution in [0.15, 0.2) is 247 Å². The molecule has 12 aromatic rings. The monoisotopic (exact) mass is 804 g/mol. The Morgan fingerprint density at radius 3 is 1.24 bits per heavy atom. The van der Waals surface area contributed by atoms with Crippen molar-refractivity contribution in [3.8, 4) is 33.4 Å². The molecule has 0 atom stereocenters. The number of fused-ring (bicyclic) bond motifs is 6. The summed E-state index contributed by atoms with van der Waals surface area (Å²) >= 11 is 0. The number of hydrogen-bond acceptors (Lipinski definition) is 1. The third kappa shape index (κ3) is 5.69. The summed E-state index contributed by atoms with van der Waals surface area (Å²) in [4.78, 5) is 0. The van der Waals surface area contributed by atoms with Gasteiger partial charge in [0.1, 0.15) is 11.2 Å². The van der Waals surface area contributed by atoms with E-state index in [0.29, 0.717) is 0 Å². The third-order valence-corrected chi connectivity index (χ3v) is 17.8. The van der Waals surface area contributed by atoms with Crippen LogP contribution in [0.25, 0.3) is 87.6 Å². The van der Waals surface area contributed by atoms with Crippen molar-refractivity contribution < 1.29 is 4.42 Å². The molecule has 0 radical (unpaired) electrons. The molecule has 0 aliphatic heterocycles. The molecule has 1 heterocycles. The Bertz CT molecular complexity index is 3450. The molecule has 1 aromatic heterocycles. The zero-order chi connectivity index (χ0) is 41.0. The average Bonchev–Trinajstić information content (AvgIpc) is 3.72. The van der Waals surface area contributed by atoms with Crippen molar-refractivity contribution in [2.45, 2.75) is 0 Å². The molecule has 0 aliphatic rings. The summed E-state index contributed by atoms with van der Waals surface area (Å²) in [7, 11) is -2.74. The average molecular weight is 805 g/mol. The molecule has 0 amide bonds. The standard InChI is InChI=1S/C60H40OSi/c1-4-19-45(20-5-1)62(46-21-6-2-7-22-46,47-23-8-3-9-24-47)48-36-38-58-56(40-48)55-39-44(35-37-57(55)61-58)60-53-28-14-12-26-51(53)59(52-27-13-15-29-54(52)60)43-33-31-42(32-34-43)50-30-16-18-41-17-10-11-25-49(41)50/h1-40H. The normalized spacial score (nSPS) is 11.9. The highest BCUT2D eigenvalue weighted by Crippen LogP contribution is 2.45. The SMILES string of the molecule is c1ccc([Si](c2ccccc2)(c2ccccc2)c2ccc3oc4ccc(-c5c6ccccc6c(-c6ccc(-c7cccc8ccccc78)cc6)c6ccccc56)cc4c3c2)cc1. The van der Waals surface area contributed by atoms with E-state index in [4.69, 9.17) is 4.42 Å². The van der Waals surface area contributed by atoms with E-state index in [9.17, 15) is 0 Å². The van der Waals surface area contributed by atoms with E-state index in [1.807, 2.05) is 0 Å². The molecule has 0 saturated heterocycles. The Hall–Kier alpha value is -7.78. The quantitative estimate of drug-likeness (QED) is 0.0888. The molecule has 0 unspecified atom stereocenters. The van der Waals surface area contributed by atoms with Gasteiger partial charge in [0.05, 0.1) is 0 Å². The summed E-state index contributed by atoms with van der Waals surface area (Å²) in [6.45, 7) is 0. The highest BCUT2D eigenvalue weighted by molar-refractivity contribution is 7.20. The number of benzene rings is 11. The number of furan rings is 1. The summed E-state index contributed by atoms with van der Waals surface area (Å²) in [6, 6.07) is 89.4. The van der Waals surface area contributed by atoms with Gasteiger partial charge in [-0.25, -0.2) is 0 Å².